The van der Waals surface area contributed by atoms with Crippen LogP contribution in [0, 0.1) is 6.92 Å². The van der Waals surface area contributed by atoms with Crippen molar-refractivity contribution in [2.45, 2.75) is 38.7 Å². The van der Waals surface area contributed by atoms with Gasteiger partial charge < -0.3 is 19.3 Å². The number of aryl methyl sites for hydroxylation is 1. The van der Waals surface area contributed by atoms with Gasteiger partial charge in [-0.05, 0) is 6.92 Å². The van der Waals surface area contributed by atoms with Crippen LogP contribution in [-0.4, -0.2) is 62.0 Å². The first-order valence-corrected chi connectivity index (χ1v) is 7.73. The molecule has 1 fully saturated rings. The summed E-state index contributed by atoms with van der Waals surface area (Å²) in [6, 6.07) is 0. The summed E-state index contributed by atoms with van der Waals surface area (Å²) in [6.45, 7) is 2.38. The van der Waals surface area contributed by atoms with Gasteiger partial charge in [0, 0.05) is 13.3 Å². The smallest absolute Gasteiger partial charge is 0.331 e. The number of rotatable bonds is 5. The summed E-state index contributed by atoms with van der Waals surface area (Å²) in [5, 5.41) is 8.71. The van der Waals surface area contributed by atoms with E-state index in [4.69, 9.17) is 19.3 Å². The number of aliphatic hydroxyl groups is 1. The topological polar surface area (TPSA) is 126 Å². The zero-order valence-corrected chi connectivity index (χ0v) is 13.8. The lowest BCUT2D eigenvalue weighted by Gasteiger charge is -2.19. The van der Waals surface area contributed by atoms with Crippen LogP contribution >= 0.6 is 0 Å². The number of carbonyl (C=O) groups is 2. The van der Waals surface area contributed by atoms with Crippen LogP contribution in [-0.2, 0) is 23.8 Å². The molecule has 10 heteroatoms. The molecule has 1 N–H and O–H groups in total. The zero-order chi connectivity index (χ0) is 18.0. The number of imidazole rings is 1. The number of hydrogen-bond acceptors (Lipinski definition) is 9. The first-order chi connectivity index (χ1) is 12.0. The van der Waals surface area contributed by atoms with Crippen molar-refractivity contribution in [1.29, 1.82) is 0 Å². The maximum Gasteiger partial charge on any atom is 0.331 e. The first-order valence-electron chi connectivity index (χ1n) is 7.73. The van der Waals surface area contributed by atoms with Crippen molar-refractivity contribution in [3.8, 4) is 0 Å². The zero-order valence-electron chi connectivity index (χ0n) is 13.8. The Morgan fingerprint density at radius 1 is 1.40 bits per heavy atom. The number of carbonyl (C=O) groups excluding carboxylic acids is 2. The van der Waals surface area contributed by atoms with E-state index in [1.54, 1.807) is 10.9 Å². The number of ether oxygens (including phenoxy) is 3. The molecule has 0 saturated carbocycles. The van der Waals surface area contributed by atoms with Crippen molar-refractivity contribution < 1.29 is 28.9 Å². The van der Waals surface area contributed by atoms with E-state index >= 15 is 0 Å². The van der Waals surface area contributed by atoms with E-state index in [1.807, 2.05) is 6.92 Å². The van der Waals surface area contributed by atoms with E-state index in [0.29, 0.717) is 17.6 Å². The SMILES string of the molecule is CC(=O)OC1C[C@@H](COC(=O)CO)O[C@H]1n1cnc2c(C)ncnc21. The fraction of sp³-hybridized carbons (Fsp3) is 0.533. The lowest BCUT2D eigenvalue weighted by Crippen LogP contribution is -2.24. The number of aliphatic hydroxyl groups excluding tert-OH is 1. The molecule has 0 bridgehead atoms. The van der Waals surface area contributed by atoms with E-state index < -0.39 is 37.0 Å². The minimum absolute atomic E-state index is 0.0473. The summed E-state index contributed by atoms with van der Waals surface area (Å²) in [6.07, 6.45) is 1.60. The van der Waals surface area contributed by atoms with Crippen LogP contribution in [0.2, 0.25) is 0 Å². The number of fused-ring (bicyclic) bond motifs is 1. The molecule has 1 aliphatic heterocycles. The molecule has 2 aromatic rings. The van der Waals surface area contributed by atoms with Gasteiger partial charge in [0.25, 0.3) is 0 Å². The third-order valence-electron chi connectivity index (χ3n) is 3.84. The van der Waals surface area contributed by atoms with Crippen LogP contribution in [0.4, 0.5) is 0 Å². The average molecular weight is 350 g/mol. The summed E-state index contributed by atoms with van der Waals surface area (Å²) in [5.41, 5.74) is 1.91. The molecule has 1 saturated heterocycles. The molecule has 3 rings (SSSR count). The minimum atomic E-state index is -0.743. The van der Waals surface area contributed by atoms with E-state index in [-0.39, 0.29) is 6.61 Å². The molecule has 1 unspecified atom stereocenters. The number of aromatic nitrogens is 4. The van der Waals surface area contributed by atoms with Crippen LogP contribution in [0.15, 0.2) is 12.7 Å². The second kappa shape index (κ2) is 7.11. The second-order valence-corrected chi connectivity index (χ2v) is 5.66. The Hall–Kier alpha value is -2.59. The van der Waals surface area contributed by atoms with Gasteiger partial charge in [0.15, 0.2) is 11.9 Å². The van der Waals surface area contributed by atoms with Gasteiger partial charge in [-0.1, -0.05) is 0 Å². The van der Waals surface area contributed by atoms with Gasteiger partial charge in [0.2, 0.25) is 0 Å². The monoisotopic (exact) mass is 350 g/mol. The molecule has 3 atom stereocenters. The summed E-state index contributed by atoms with van der Waals surface area (Å²) < 4.78 is 17.8. The van der Waals surface area contributed by atoms with Crippen molar-refractivity contribution in [3.05, 3.63) is 18.3 Å². The predicted octanol–water partition coefficient (Wildman–Crippen LogP) is -0.111. The van der Waals surface area contributed by atoms with E-state index in [2.05, 4.69) is 15.0 Å². The summed E-state index contributed by atoms with van der Waals surface area (Å²) in [4.78, 5) is 35.1. The Morgan fingerprint density at radius 3 is 2.92 bits per heavy atom. The Balaban J connectivity index is 1.84. The first kappa shape index (κ1) is 17.2. The highest BCUT2D eigenvalue weighted by Gasteiger charge is 2.40. The second-order valence-electron chi connectivity index (χ2n) is 5.66. The molecule has 0 aliphatic carbocycles. The third-order valence-corrected chi connectivity index (χ3v) is 3.84. The molecule has 10 nitrogen and oxygen atoms in total. The molecule has 25 heavy (non-hydrogen) atoms. The minimum Gasteiger partial charge on any atom is -0.461 e. The van der Waals surface area contributed by atoms with Gasteiger partial charge in [0.05, 0.1) is 18.1 Å². The highest BCUT2D eigenvalue weighted by atomic mass is 16.6. The molecule has 2 aromatic heterocycles. The van der Waals surface area contributed by atoms with Crippen LogP contribution in [0.3, 0.4) is 0 Å². The molecular formula is C15H18N4O6. The fourth-order valence-electron chi connectivity index (χ4n) is 2.77. The van der Waals surface area contributed by atoms with Crippen LogP contribution < -0.4 is 0 Å². The van der Waals surface area contributed by atoms with Crippen LogP contribution in [0.5, 0.6) is 0 Å². The molecule has 3 heterocycles. The average Bonchev–Trinajstić information content (AvgIpc) is 3.16. The number of esters is 2. The standard InChI is InChI=1S/C15H18N4O6/c1-8-13-14(17-6-16-8)19(7-18-13)15-11(24-9(2)21)3-10(25-15)5-23-12(22)4-20/h6-7,10-11,15,20H,3-5H2,1-2H3/t10-,11?,15+/m0/s1. The highest BCUT2D eigenvalue weighted by molar-refractivity contribution is 5.73. The van der Waals surface area contributed by atoms with Gasteiger partial charge in [-0.25, -0.2) is 19.7 Å². The van der Waals surface area contributed by atoms with Crippen molar-refractivity contribution in [2.24, 2.45) is 0 Å². The molecule has 0 aromatic carbocycles. The maximum absolute atomic E-state index is 11.4. The van der Waals surface area contributed by atoms with Crippen LogP contribution in [0.25, 0.3) is 11.2 Å². The van der Waals surface area contributed by atoms with Crippen molar-refractivity contribution in [3.63, 3.8) is 0 Å². The van der Waals surface area contributed by atoms with Gasteiger partial charge in [-0.15, -0.1) is 0 Å². The molecule has 0 spiro atoms. The van der Waals surface area contributed by atoms with Crippen molar-refractivity contribution in [2.75, 3.05) is 13.2 Å². The Kier molecular flexibility index (Phi) is 4.91. The molecule has 1 aliphatic rings. The lowest BCUT2D eigenvalue weighted by molar-refractivity contribution is -0.154. The Morgan fingerprint density at radius 2 is 2.20 bits per heavy atom. The molecule has 0 radical (unpaired) electrons. The van der Waals surface area contributed by atoms with E-state index in [9.17, 15) is 9.59 Å². The van der Waals surface area contributed by atoms with E-state index in [1.165, 1.54) is 13.3 Å². The Labute approximate surface area is 142 Å². The number of hydrogen-bond donors (Lipinski definition) is 1. The van der Waals surface area contributed by atoms with E-state index in [0.717, 1.165) is 5.69 Å². The summed E-state index contributed by atoms with van der Waals surface area (Å²) >= 11 is 0. The lowest BCUT2D eigenvalue weighted by atomic mass is 10.2. The quantitative estimate of drug-likeness (QED) is 0.735. The Bertz CT molecular complexity index is 791. The van der Waals surface area contributed by atoms with Gasteiger partial charge in [-0.3, -0.25) is 9.36 Å². The van der Waals surface area contributed by atoms with Crippen molar-refractivity contribution in [1.82, 2.24) is 19.5 Å². The third kappa shape index (κ3) is 3.59. The molecular weight excluding hydrogens is 332 g/mol. The van der Waals surface area contributed by atoms with Gasteiger partial charge in [0.1, 0.15) is 31.2 Å². The predicted molar refractivity (Wildman–Crippen MR) is 82.2 cm³/mol. The van der Waals surface area contributed by atoms with Crippen LogP contribution in [0.1, 0.15) is 25.3 Å². The maximum atomic E-state index is 11.4. The normalized spacial score (nSPS) is 22.9. The van der Waals surface area contributed by atoms with Gasteiger partial charge >= 0.3 is 11.9 Å². The molecule has 134 valence electrons. The summed E-state index contributed by atoms with van der Waals surface area (Å²) in [7, 11) is 0. The molecule has 0 amide bonds. The largest absolute Gasteiger partial charge is 0.461 e. The van der Waals surface area contributed by atoms with Gasteiger partial charge in [-0.2, -0.15) is 0 Å². The fourth-order valence-corrected chi connectivity index (χ4v) is 2.77. The highest BCUT2D eigenvalue weighted by Crippen LogP contribution is 2.33. The number of nitrogens with zero attached hydrogens (tertiary/aromatic N) is 4. The van der Waals surface area contributed by atoms with Crippen molar-refractivity contribution >= 4 is 23.1 Å². The summed E-state index contributed by atoms with van der Waals surface area (Å²) in [5.74, 6) is -1.19.